The first kappa shape index (κ1) is 11.0. The maximum Gasteiger partial charge on any atom is 0.143 e. The summed E-state index contributed by atoms with van der Waals surface area (Å²) in [4.78, 5) is 0. The van der Waals surface area contributed by atoms with Gasteiger partial charge in [0.05, 0.1) is 0 Å². The van der Waals surface area contributed by atoms with E-state index in [1.807, 2.05) is 13.0 Å². The van der Waals surface area contributed by atoms with Gasteiger partial charge in [0.1, 0.15) is 5.84 Å². The van der Waals surface area contributed by atoms with Gasteiger partial charge >= 0.3 is 0 Å². The van der Waals surface area contributed by atoms with E-state index in [9.17, 15) is 0 Å². The molecule has 0 heterocycles. The van der Waals surface area contributed by atoms with Gasteiger partial charge in [0, 0.05) is 12.5 Å². The lowest BCUT2D eigenvalue weighted by atomic mass is 10.1. The molecule has 0 aliphatic heterocycles. The SMILES string of the molecule is C=CCCNCC(C)/C(N)=N/O. The van der Waals surface area contributed by atoms with Crippen LogP contribution >= 0.6 is 0 Å². The minimum Gasteiger partial charge on any atom is -0.409 e. The summed E-state index contributed by atoms with van der Waals surface area (Å²) in [5, 5.41) is 14.4. The summed E-state index contributed by atoms with van der Waals surface area (Å²) >= 11 is 0. The molecule has 1 atom stereocenters. The highest BCUT2D eigenvalue weighted by Gasteiger charge is 2.05. The Morgan fingerprint density at radius 1 is 1.83 bits per heavy atom. The largest absolute Gasteiger partial charge is 0.409 e. The lowest BCUT2D eigenvalue weighted by Crippen LogP contribution is -2.31. The Morgan fingerprint density at radius 3 is 3.00 bits per heavy atom. The average molecular weight is 171 g/mol. The predicted octanol–water partition coefficient (Wildman–Crippen LogP) is 0.535. The van der Waals surface area contributed by atoms with Crippen LogP contribution in [0, 0.1) is 5.92 Å². The number of hydrogen-bond acceptors (Lipinski definition) is 3. The normalized spacial score (nSPS) is 14.2. The first-order valence-electron chi connectivity index (χ1n) is 4.01. The number of hydrogen-bond donors (Lipinski definition) is 3. The van der Waals surface area contributed by atoms with Crippen LogP contribution in [0.1, 0.15) is 13.3 Å². The standard InChI is InChI=1S/C8H17N3O/c1-3-4-5-10-6-7(2)8(9)11-12/h3,7,10,12H,1,4-6H2,2H3,(H2,9,11). The Kier molecular flexibility index (Phi) is 6.09. The minimum atomic E-state index is 0.0693. The second kappa shape index (κ2) is 6.67. The van der Waals surface area contributed by atoms with Gasteiger partial charge in [0.15, 0.2) is 0 Å². The molecule has 0 bridgehead atoms. The number of nitrogens with zero attached hydrogens (tertiary/aromatic N) is 1. The molecule has 4 N–H and O–H groups in total. The molecule has 0 saturated heterocycles. The Morgan fingerprint density at radius 2 is 2.50 bits per heavy atom. The van der Waals surface area contributed by atoms with Crippen molar-refractivity contribution >= 4 is 5.84 Å². The van der Waals surface area contributed by atoms with Gasteiger partial charge in [-0.1, -0.05) is 18.2 Å². The Labute approximate surface area is 73.1 Å². The second-order valence-electron chi connectivity index (χ2n) is 2.71. The topological polar surface area (TPSA) is 70.6 Å². The smallest absolute Gasteiger partial charge is 0.143 e. The third-order valence-corrected chi connectivity index (χ3v) is 1.60. The molecule has 1 unspecified atom stereocenters. The Bertz CT molecular complexity index is 156. The monoisotopic (exact) mass is 171 g/mol. The number of rotatable bonds is 6. The molecule has 0 fully saturated rings. The van der Waals surface area contributed by atoms with Crippen LogP contribution in [0.15, 0.2) is 17.8 Å². The quantitative estimate of drug-likeness (QED) is 0.136. The molecular formula is C8H17N3O. The molecule has 0 aromatic heterocycles. The third kappa shape index (κ3) is 4.73. The van der Waals surface area contributed by atoms with Crippen LogP contribution in [0.5, 0.6) is 0 Å². The summed E-state index contributed by atoms with van der Waals surface area (Å²) in [7, 11) is 0. The van der Waals surface area contributed by atoms with Crippen molar-refractivity contribution in [2.45, 2.75) is 13.3 Å². The first-order valence-corrected chi connectivity index (χ1v) is 4.01. The molecule has 0 saturated carbocycles. The summed E-state index contributed by atoms with van der Waals surface area (Å²) in [5.74, 6) is 0.334. The summed E-state index contributed by atoms with van der Waals surface area (Å²) in [6.45, 7) is 7.11. The highest BCUT2D eigenvalue weighted by molar-refractivity contribution is 5.82. The van der Waals surface area contributed by atoms with Gasteiger partial charge < -0.3 is 16.3 Å². The molecule has 0 rings (SSSR count). The minimum absolute atomic E-state index is 0.0693. The number of amidine groups is 1. The van der Waals surface area contributed by atoms with Crippen LogP contribution in [-0.2, 0) is 0 Å². The van der Waals surface area contributed by atoms with Crippen LogP contribution in [0.4, 0.5) is 0 Å². The Balaban J connectivity index is 3.43. The molecule has 0 radical (unpaired) electrons. The van der Waals surface area contributed by atoms with Crippen LogP contribution in [0.3, 0.4) is 0 Å². The van der Waals surface area contributed by atoms with Gasteiger partial charge in [-0.15, -0.1) is 6.58 Å². The van der Waals surface area contributed by atoms with Crippen molar-refractivity contribution in [3.8, 4) is 0 Å². The van der Waals surface area contributed by atoms with Gasteiger partial charge in [-0.2, -0.15) is 0 Å². The summed E-state index contributed by atoms with van der Waals surface area (Å²) < 4.78 is 0. The van der Waals surface area contributed by atoms with E-state index in [0.717, 1.165) is 19.5 Å². The van der Waals surface area contributed by atoms with E-state index in [0.29, 0.717) is 0 Å². The van der Waals surface area contributed by atoms with E-state index in [2.05, 4.69) is 17.1 Å². The van der Waals surface area contributed by atoms with Gasteiger partial charge in [0.2, 0.25) is 0 Å². The van der Waals surface area contributed by atoms with E-state index in [4.69, 9.17) is 10.9 Å². The lowest BCUT2D eigenvalue weighted by molar-refractivity contribution is 0.314. The van der Waals surface area contributed by atoms with Crippen molar-refractivity contribution in [3.05, 3.63) is 12.7 Å². The predicted molar refractivity (Wildman–Crippen MR) is 50.3 cm³/mol. The zero-order valence-electron chi connectivity index (χ0n) is 7.45. The molecule has 0 aromatic carbocycles. The average Bonchev–Trinajstić information content (AvgIpc) is 2.10. The number of oxime groups is 1. The molecule has 0 spiro atoms. The maximum absolute atomic E-state index is 8.33. The molecule has 4 nitrogen and oxygen atoms in total. The number of nitrogens with one attached hydrogen (secondary N) is 1. The van der Waals surface area contributed by atoms with Crippen molar-refractivity contribution in [1.82, 2.24) is 5.32 Å². The number of nitrogens with two attached hydrogens (primary N) is 1. The van der Waals surface area contributed by atoms with Crippen molar-refractivity contribution in [3.63, 3.8) is 0 Å². The molecular weight excluding hydrogens is 154 g/mol. The van der Waals surface area contributed by atoms with E-state index in [1.165, 1.54) is 0 Å². The zero-order valence-corrected chi connectivity index (χ0v) is 7.45. The third-order valence-electron chi connectivity index (χ3n) is 1.60. The Hall–Kier alpha value is -1.03. The lowest BCUT2D eigenvalue weighted by Gasteiger charge is -2.09. The summed E-state index contributed by atoms with van der Waals surface area (Å²) in [5.41, 5.74) is 5.37. The van der Waals surface area contributed by atoms with Gasteiger partial charge in [-0.25, -0.2) is 0 Å². The van der Waals surface area contributed by atoms with E-state index in [-0.39, 0.29) is 11.8 Å². The van der Waals surface area contributed by atoms with Crippen molar-refractivity contribution in [2.24, 2.45) is 16.8 Å². The summed E-state index contributed by atoms with van der Waals surface area (Å²) in [6.07, 6.45) is 2.78. The molecule has 4 heteroatoms. The van der Waals surface area contributed by atoms with Crippen LogP contribution in [0.2, 0.25) is 0 Å². The molecule has 0 aliphatic carbocycles. The van der Waals surface area contributed by atoms with Crippen molar-refractivity contribution in [1.29, 1.82) is 0 Å². The maximum atomic E-state index is 8.33. The van der Waals surface area contributed by atoms with Crippen LogP contribution in [-0.4, -0.2) is 24.1 Å². The molecule has 0 aromatic rings. The zero-order chi connectivity index (χ0) is 9.40. The molecule has 0 amide bonds. The summed E-state index contributed by atoms with van der Waals surface area (Å²) in [6, 6.07) is 0. The van der Waals surface area contributed by atoms with Crippen molar-refractivity contribution < 1.29 is 5.21 Å². The fourth-order valence-corrected chi connectivity index (χ4v) is 0.726. The fourth-order valence-electron chi connectivity index (χ4n) is 0.726. The highest BCUT2D eigenvalue weighted by Crippen LogP contribution is 1.91. The second-order valence-corrected chi connectivity index (χ2v) is 2.71. The highest BCUT2D eigenvalue weighted by atomic mass is 16.4. The molecule has 0 aliphatic rings. The fraction of sp³-hybridized carbons (Fsp3) is 0.625. The first-order chi connectivity index (χ1) is 5.72. The van der Waals surface area contributed by atoms with Crippen LogP contribution in [0.25, 0.3) is 0 Å². The van der Waals surface area contributed by atoms with Gasteiger partial charge in [-0.05, 0) is 13.0 Å². The van der Waals surface area contributed by atoms with E-state index >= 15 is 0 Å². The van der Waals surface area contributed by atoms with E-state index < -0.39 is 0 Å². The van der Waals surface area contributed by atoms with Gasteiger partial charge in [0.25, 0.3) is 0 Å². The van der Waals surface area contributed by atoms with Gasteiger partial charge in [-0.3, -0.25) is 0 Å². The molecule has 70 valence electrons. The van der Waals surface area contributed by atoms with Crippen LogP contribution < -0.4 is 11.1 Å². The molecule has 12 heavy (non-hydrogen) atoms. The van der Waals surface area contributed by atoms with E-state index in [1.54, 1.807) is 0 Å². The van der Waals surface area contributed by atoms with Crippen molar-refractivity contribution in [2.75, 3.05) is 13.1 Å².